The number of nitriles is 1. The summed E-state index contributed by atoms with van der Waals surface area (Å²) in [5.74, 6) is -0.450. The predicted molar refractivity (Wildman–Crippen MR) is 102 cm³/mol. The molecule has 2 aromatic heterocycles. The van der Waals surface area contributed by atoms with E-state index in [1.54, 1.807) is 24.5 Å². The third-order valence-electron chi connectivity index (χ3n) is 4.18. The zero-order valence-electron chi connectivity index (χ0n) is 13.7. The van der Waals surface area contributed by atoms with Crippen LogP contribution in [0.1, 0.15) is 5.56 Å². The molecule has 2 N–H and O–H groups in total. The maximum absolute atomic E-state index is 12.6. The molecule has 4 rings (SSSR count). The molecule has 2 heterocycles. The van der Waals surface area contributed by atoms with E-state index in [1.807, 2.05) is 54.6 Å². The molecular weight excluding hydrogens is 324 g/mol. The van der Waals surface area contributed by atoms with Gasteiger partial charge in [-0.3, -0.25) is 9.78 Å². The number of hydrogen-bond donors (Lipinski definition) is 2. The average molecular weight is 338 g/mol. The van der Waals surface area contributed by atoms with Crippen LogP contribution in [-0.4, -0.2) is 15.9 Å². The topological polar surface area (TPSA) is 81.6 Å². The Morgan fingerprint density at radius 1 is 1.08 bits per heavy atom. The molecule has 0 spiro atoms. The molecule has 0 unspecified atom stereocenters. The standard InChI is InChI=1S/C21H14N4O/c22-12-14(11-15-13-24-18-7-2-1-5-16(15)18)21(26)25-20-9-3-8-19-17(20)6-4-10-23-19/h1-11,13,24H,(H,25,26). The molecule has 0 aliphatic carbocycles. The minimum atomic E-state index is -0.450. The van der Waals surface area contributed by atoms with Gasteiger partial charge in [0, 0.05) is 34.2 Å². The Bertz CT molecular complexity index is 1190. The molecule has 5 nitrogen and oxygen atoms in total. The number of hydrogen-bond acceptors (Lipinski definition) is 3. The van der Waals surface area contributed by atoms with Crippen LogP contribution in [0.5, 0.6) is 0 Å². The number of nitrogens with zero attached hydrogens (tertiary/aromatic N) is 2. The predicted octanol–water partition coefficient (Wildman–Crippen LogP) is 4.26. The Kier molecular flexibility index (Phi) is 3.92. The van der Waals surface area contributed by atoms with Crippen molar-refractivity contribution in [2.45, 2.75) is 0 Å². The number of pyridine rings is 1. The number of aromatic nitrogens is 2. The van der Waals surface area contributed by atoms with Crippen LogP contribution in [0.3, 0.4) is 0 Å². The number of amides is 1. The third-order valence-corrected chi connectivity index (χ3v) is 4.18. The van der Waals surface area contributed by atoms with Crippen molar-refractivity contribution >= 4 is 39.5 Å². The fourth-order valence-corrected chi connectivity index (χ4v) is 2.92. The van der Waals surface area contributed by atoms with Crippen LogP contribution in [0.4, 0.5) is 5.69 Å². The quantitative estimate of drug-likeness (QED) is 0.432. The normalized spacial score (nSPS) is 11.4. The summed E-state index contributed by atoms with van der Waals surface area (Å²) < 4.78 is 0. The number of nitrogens with one attached hydrogen (secondary N) is 2. The van der Waals surface area contributed by atoms with Crippen LogP contribution >= 0.6 is 0 Å². The van der Waals surface area contributed by atoms with E-state index < -0.39 is 5.91 Å². The molecule has 0 aliphatic heterocycles. The van der Waals surface area contributed by atoms with Gasteiger partial charge in [0.2, 0.25) is 0 Å². The summed E-state index contributed by atoms with van der Waals surface area (Å²) in [7, 11) is 0. The van der Waals surface area contributed by atoms with Gasteiger partial charge in [-0.15, -0.1) is 0 Å². The minimum Gasteiger partial charge on any atom is -0.361 e. The monoisotopic (exact) mass is 338 g/mol. The number of anilines is 1. The molecule has 0 aliphatic rings. The van der Waals surface area contributed by atoms with Gasteiger partial charge in [0.15, 0.2) is 0 Å². The van der Waals surface area contributed by atoms with Crippen molar-refractivity contribution in [3.63, 3.8) is 0 Å². The van der Waals surface area contributed by atoms with Crippen LogP contribution in [0.15, 0.2) is 72.6 Å². The second-order valence-corrected chi connectivity index (χ2v) is 5.79. The van der Waals surface area contributed by atoms with Crippen LogP contribution in [0.2, 0.25) is 0 Å². The summed E-state index contributed by atoms with van der Waals surface area (Å²) in [6, 6.07) is 18.9. The molecule has 0 fully saturated rings. The van der Waals surface area contributed by atoms with Gasteiger partial charge in [-0.2, -0.15) is 5.26 Å². The lowest BCUT2D eigenvalue weighted by atomic mass is 10.1. The number of fused-ring (bicyclic) bond motifs is 2. The Labute approximate surface area is 149 Å². The van der Waals surface area contributed by atoms with E-state index in [1.165, 1.54) is 0 Å². The number of rotatable bonds is 3. The number of H-pyrrole nitrogens is 1. The summed E-state index contributed by atoms with van der Waals surface area (Å²) in [4.78, 5) is 20.0. The van der Waals surface area contributed by atoms with Crippen molar-refractivity contribution in [3.05, 3.63) is 78.1 Å². The van der Waals surface area contributed by atoms with Gasteiger partial charge in [-0.1, -0.05) is 24.3 Å². The molecule has 124 valence electrons. The van der Waals surface area contributed by atoms with Crippen molar-refractivity contribution in [1.82, 2.24) is 9.97 Å². The maximum atomic E-state index is 12.6. The number of aromatic amines is 1. The van der Waals surface area contributed by atoms with Crippen LogP contribution in [0.25, 0.3) is 27.9 Å². The molecule has 0 saturated heterocycles. The fraction of sp³-hybridized carbons (Fsp3) is 0. The van der Waals surface area contributed by atoms with E-state index in [2.05, 4.69) is 15.3 Å². The summed E-state index contributed by atoms with van der Waals surface area (Å²) in [5, 5.41) is 14.1. The van der Waals surface area contributed by atoms with E-state index in [0.29, 0.717) is 5.69 Å². The SMILES string of the molecule is N#CC(=Cc1c[nH]c2ccccc12)C(=O)Nc1cccc2ncccc12. The van der Waals surface area contributed by atoms with Crippen molar-refractivity contribution in [1.29, 1.82) is 5.26 Å². The summed E-state index contributed by atoms with van der Waals surface area (Å²) >= 11 is 0. The number of benzene rings is 2. The second-order valence-electron chi connectivity index (χ2n) is 5.79. The molecule has 5 heteroatoms. The molecule has 4 aromatic rings. The van der Waals surface area contributed by atoms with Gasteiger partial charge in [-0.05, 0) is 36.4 Å². The molecule has 0 radical (unpaired) electrons. The van der Waals surface area contributed by atoms with Gasteiger partial charge >= 0.3 is 0 Å². The minimum absolute atomic E-state index is 0.0376. The lowest BCUT2D eigenvalue weighted by molar-refractivity contribution is -0.112. The van der Waals surface area contributed by atoms with E-state index in [0.717, 1.165) is 27.4 Å². The maximum Gasteiger partial charge on any atom is 0.266 e. The average Bonchev–Trinajstić information content (AvgIpc) is 3.09. The first-order valence-corrected chi connectivity index (χ1v) is 8.09. The Morgan fingerprint density at radius 3 is 2.81 bits per heavy atom. The van der Waals surface area contributed by atoms with Gasteiger partial charge < -0.3 is 10.3 Å². The van der Waals surface area contributed by atoms with E-state index in [4.69, 9.17) is 0 Å². The summed E-state index contributed by atoms with van der Waals surface area (Å²) in [5.41, 5.74) is 3.20. The molecule has 1 amide bonds. The molecule has 0 atom stereocenters. The largest absolute Gasteiger partial charge is 0.361 e. The van der Waals surface area contributed by atoms with Crippen molar-refractivity contribution in [2.24, 2.45) is 0 Å². The van der Waals surface area contributed by atoms with Gasteiger partial charge in [0.1, 0.15) is 11.6 Å². The number of para-hydroxylation sites is 1. The number of carbonyl (C=O) groups is 1. The van der Waals surface area contributed by atoms with Crippen molar-refractivity contribution in [2.75, 3.05) is 5.32 Å². The van der Waals surface area contributed by atoms with Crippen LogP contribution in [-0.2, 0) is 4.79 Å². The highest BCUT2D eigenvalue weighted by molar-refractivity contribution is 6.13. The van der Waals surface area contributed by atoms with Gasteiger partial charge in [0.05, 0.1) is 11.2 Å². The zero-order chi connectivity index (χ0) is 17.9. The van der Waals surface area contributed by atoms with E-state index in [9.17, 15) is 10.1 Å². The molecule has 2 aromatic carbocycles. The molecular formula is C21H14N4O. The molecule has 0 bridgehead atoms. The first kappa shape index (κ1) is 15.6. The summed E-state index contributed by atoms with van der Waals surface area (Å²) in [6.07, 6.45) is 5.08. The van der Waals surface area contributed by atoms with Gasteiger partial charge in [0.25, 0.3) is 5.91 Å². The fourth-order valence-electron chi connectivity index (χ4n) is 2.92. The number of carbonyl (C=O) groups excluding carboxylic acids is 1. The van der Waals surface area contributed by atoms with E-state index >= 15 is 0 Å². The third kappa shape index (κ3) is 2.80. The molecule has 0 saturated carbocycles. The van der Waals surface area contributed by atoms with Crippen LogP contribution < -0.4 is 5.32 Å². The Morgan fingerprint density at radius 2 is 1.92 bits per heavy atom. The van der Waals surface area contributed by atoms with Crippen molar-refractivity contribution in [3.8, 4) is 6.07 Å². The van der Waals surface area contributed by atoms with Crippen molar-refractivity contribution < 1.29 is 4.79 Å². The first-order chi connectivity index (χ1) is 12.8. The van der Waals surface area contributed by atoms with Crippen LogP contribution in [0, 0.1) is 11.3 Å². The molecule has 26 heavy (non-hydrogen) atoms. The highest BCUT2D eigenvalue weighted by Crippen LogP contribution is 2.23. The van der Waals surface area contributed by atoms with E-state index in [-0.39, 0.29) is 5.57 Å². The Hall–Kier alpha value is -3.91. The lowest BCUT2D eigenvalue weighted by Crippen LogP contribution is -2.13. The lowest BCUT2D eigenvalue weighted by Gasteiger charge is -2.07. The van der Waals surface area contributed by atoms with Gasteiger partial charge in [-0.25, -0.2) is 0 Å². The smallest absolute Gasteiger partial charge is 0.266 e. The summed E-state index contributed by atoms with van der Waals surface area (Å²) in [6.45, 7) is 0. The second kappa shape index (κ2) is 6.54. The first-order valence-electron chi connectivity index (χ1n) is 8.09. The highest BCUT2D eigenvalue weighted by Gasteiger charge is 2.12. The zero-order valence-corrected chi connectivity index (χ0v) is 13.7. The highest BCUT2D eigenvalue weighted by atomic mass is 16.1. The Balaban J connectivity index is 1.69.